The molecule has 17 heavy (non-hydrogen) atoms. The molecule has 1 amide bonds. The molecule has 0 aromatic rings. The Hall–Kier alpha value is -0.710. The van der Waals surface area contributed by atoms with Crippen LogP contribution in [0.3, 0.4) is 0 Å². The molecular formula is C12H19NO3S. The highest BCUT2D eigenvalue weighted by atomic mass is 32.2. The third-order valence-corrected chi connectivity index (χ3v) is 4.86. The van der Waals surface area contributed by atoms with Crippen LogP contribution in [0.25, 0.3) is 0 Å². The lowest BCUT2D eigenvalue weighted by Gasteiger charge is -2.26. The number of likely N-dealkylation sites (tertiary alicyclic amines) is 1. The largest absolute Gasteiger partial charge is 0.480 e. The number of carbonyl (C=O) groups excluding carboxylic acids is 1. The van der Waals surface area contributed by atoms with Crippen molar-refractivity contribution in [2.24, 2.45) is 5.92 Å². The van der Waals surface area contributed by atoms with E-state index in [9.17, 15) is 9.59 Å². The Morgan fingerprint density at radius 1 is 1.29 bits per heavy atom. The van der Waals surface area contributed by atoms with Gasteiger partial charge in [0.1, 0.15) is 6.04 Å². The summed E-state index contributed by atoms with van der Waals surface area (Å²) < 4.78 is 0. The highest BCUT2D eigenvalue weighted by molar-refractivity contribution is 7.99. The van der Waals surface area contributed by atoms with Gasteiger partial charge in [-0.05, 0) is 43.1 Å². The molecule has 2 saturated heterocycles. The zero-order valence-electron chi connectivity index (χ0n) is 9.93. The highest BCUT2D eigenvalue weighted by Crippen LogP contribution is 2.27. The van der Waals surface area contributed by atoms with E-state index in [1.54, 1.807) is 4.90 Å². The predicted molar refractivity (Wildman–Crippen MR) is 67.0 cm³/mol. The second kappa shape index (κ2) is 5.76. The lowest BCUT2D eigenvalue weighted by atomic mass is 10.0. The zero-order chi connectivity index (χ0) is 12.3. The van der Waals surface area contributed by atoms with Gasteiger partial charge in [-0.2, -0.15) is 11.8 Å². The molecule has 0 radical (unpaired) electrons. The first-order valence-electron chi connectivity index (χ1n) is 6.28. The molecule has 2 heterocycles. The lowest BCUT2D eigenvalue weighted by Crippen LogP contribution is -2.41. The van der Waals surface area contributed by atoms with Crippen LogP contribution in [0.4, 0.5) is 0 Å². The van der Waals surface area contributed by atoms with Crippen molar-refractivity contribution in [1.82, 2.24) is 4.90 Å². The van der Waals surface area contributed by atoms with Gasteiger partial charge in [0.25, 0.3) is 0 Å². The van der Waals surface area contributed by atoms with Gasteiger partial charge in [0.05, 0.1) is 0 Å². The molecule has 0 saturated carbocycles. The molecule has 0 bridgehead atoms. The topological polar surface area (TPSA) is 57.6 Å². The van der Waals surface area contributed by atoms with E-state index in [0.717, 1.165) is 18.6 Å². The van der Waals surface area contributed by atoms with Crippen LogP contribution in [0, 0.1) is 5.92 Å². The van der Waals surface area contributed by atoms with E-state index in [4.69, 9.17) is 5.11 Å². The van der Waals surface area contributed by atoms with E-state index in [2.05, 4.69) is 0 Å². The van der Waals surface area contributed by atoms with Crippen LogP contribution in [-0.2, 0) is 9.59 Å². The maximum atomic E-state index is 12.1. The summed E-state index contributed by atoms with van der Waals surface area (Å²) in [6.07, 6.45) is 4.27. The second-order valence-electron chi connectivity index (χ2n) is 4.87. The van der Waals surface area contributed by atoms with E-state index < -0.39 is 12.0 Å². The van der Waals surface area contributed by atoms with Gasteiger partial charge in [-0.1, -0.05) is 0 Å². The number of nitrogens with zero attached hydrogens (tertiary/aromatic N) is 1. The van der Waals surface area contributed by atoms with Crippen LogP contribution >= 0.6 is 11.8 Å². The van der Waals surface area contributed by atoms with Crippen LogP contribution < -0.4 is 0 Å². The molecule has 2 atom stereocenters. The summed E-state index contributed by atoms with van der Waals surface area (Å²) in [5.74, 6) is 1.90. The molecule has 5 heteroatoms. The van der Waals surface area contributed by atoms with Gasteiger partial charge in [-0.15, -0.1) is 0 Å². The van der Waals surface area contributed by atoms with Gasteiger partial charge in [0, 0.05) is 13.0 Å². The van der Waals surface area contributed by atoms with Crippen molar-refractivity contribution in [2.45, 2.75) is 38.1 Å². The van der Waals surface area contributed by atoms with Gasteiger partial charge in [0.15, 0.2) is 0 Å². The van der Waals surface area contributed by atoms with Crippen molar-refractivity contribution in [1.29, 1.82) is 0 Å². The van der Waals surface area contributed by atoms with Gasteiger partial charge in [-0.3, -0.25) is 4.79 Å². The predicted octanol–water partition coefficient (Wildman–Crippen LogP) is 1.60. The third-order valence-electron chi connectivity index (χ3n) is 3.58. The summed E-state index contributed by atoms with van der Waals surface area (Å²) in [4.78, 5) is 24.7. The summed E-state index contributed by atoms with van der Waals surface area (Å²) in [5, 5.41) is 9.04. The fourth-order valence-corrected chi connectivity index (χ4v) is 3.81. The number of carboxylic acid groups (broad SMARTS) is 1. The van der Waals surface area contributed by atoms with Gasteiger partial charge >= 0.3 is 5.97 Å². The molecule has 2 fully saturated rings. The smallest absolute Gasteiger partial charge is 0.326 e. The first kappa shape index (κ1) is 12.7. The molecule has 2 aliphatic rings. The summed E-state index contributed by atoms with van der Waals surface area (Å²) >= 11 is 1.91. The summed E-state index contributed by atoms with van der Waals surface area (Å²) in [5.41, 5.74) is 0. The number of hydrogen-bond donors (Lipinski definition) is 1. The Morgan fingerprint density at radius 3 is 2.76 bits per heavy atom. The number of rotatable bonds is 3. The number of carbonyl (C=O) groups is 2. The van der Waals surface area contributed by atoms with Gasteiger partial charge < -0.3 is 10.0 Å². The van der Waals surface area contributed by atoms with E-state index in [1.165, 1.54) is 12.2 Å². The van der Waals surface area contributed by atoms with Crippen LogP contribution in [0.15, 0.2) is 0 Å². The average Bonchev–Trinajstić information content (AvgIpc) is 2.79. The minimum absolute atomic E-state index is 0.0439. The third kappa shape index (κ3) is 3.15. The normalized spacial score (nSPS) is 29.3. The monoisotopic (exact) mass is 257 g/mol. The molecule has 2 rings (SSSR count). The molecule has 4 nitrogen and oxygen atoms in total. The molecular weight excluding hydrogens is 238 g/mol. The Balaban J connectivity index is 1.88. The second-order valence-corrected chi connectivity index (χ2v) is 6.02. The Kier molecular flexibility index (Phi) is 4.31. The first-order valence-corrected chi connectivity index (χ1v) is 7.44. The Bertz CT molecular complexity index is 302. The lowest BCUT2D eigenvalue weighted by molar-refractivity contribution is -0.148. The minimum atomic E-state index is -0.853. The number of thioether (sulfide) groups is 1. The van der Waals surface area contributed by atoms with Crippen molar-refractivity contribution < 1.29 is 14.7 Å². The van der Waals surface area contributed by atoms with E-state index in [0.29, 0.717) is 25.3 Å². The molecule has 1 N–H and O–H groups in total. The van der Waals surface area contributed by atoms with Crippen molar-refractivity contribution >= 4 is 23.6 Å². The number of hydrogen-bond acceptors (Lipinski definition) is 3. The van der Waals surface area contributed by atoms with Crippen molar-refractivity contribution in [2.75, 3.05) is 18.1 Å². The van der Waals surface area contributed by atoms with Crippen molar-refractivity contribution in [3.05, 3.63) is 0 Å². The molecule has 0 aromatic heterocycles. The maximum absolute atomic E-state index is 12.1. The number of carboxylic acids is 1. The van der Waals surface area contributed by atoms with E-state index in [-0.39, 0.29) is 5.91 Å². The Labute approximate surface area is 106 Å². The van der Waals surface area contributed by atoms with Crippen LogP contribution in [-0.4, -0.2) is 46.0 Å². The maximum Gasteiger partial charge on any atom is 0.326 e. The molecule has 0 aromatic carbocycles. The summed E-state index contributed by atoms with van der Waals surface area (Å²) in [7, 11) is 0. The van der Waals surface area contributed by atoms with Crippen LogP contribution in [0.5, 0.6) is 0 Å². The highest BCUT2D eigenvalue weighted by Gasteiger charge is 2.34. The first-order chi connectivity index (χ1) is 8.18. The fourth-order valence-electron chi connectivity index (χ4n) is 2.65. The molecule has 2 aliphatic heterocycles. The van der Waals surface area contributed by atoms with Crippen molar-refractivity contribution in [3.8, 4) is 0 Å². The quantitative estimate of drug-likeness (QED) is 0.834. The van der Waals surface area contributed by atoms with Crippen molar-refractivity contribution in [3.63, 3.8) is 0 Å². The SMILES string of the molecule is O=C(O)[C@@H]1CCCN1C(=O)CC1CCCSC1. The number of aliphatic carboxylic acids is 1. The molecule has 0 aliphatic carbocycles. The summed E-state index contributed by atoms with van der Waals surface area (Å²) in [6.45, 7) is 0.621. The molecule has 1 unspecified atom stereocenters. The van der Waals surface area contributed by atoms with Crippen LogP contribution in [0.1, 0.15) is 32.1 Å². The van der Waals surface area contributed by atoms with Gasteiger partial charge in [-0.25, -0.2) is 4.79 Å². The van der Waals surface area contributed by atoms with E-state index >= 15 is 0 Å². The standard InChI is InChI=1S/C12H19NO3S/c14-11(7-9-3-2-6-17-8-9)13-5-1-4-10(13)12(15)16/h9-10H,1-8H2,(H,15,16)/t9?,10-/m0/s1. The average molecular weight is 257 g/mol. The van der Waals surface area contributed by atoms with E-state index in [1.807, 2.05) is 11.8 Å². The Morgan fingerprint density at radius 2 is 2.12 bits per heavy atom. The molecule has 96 valence electrons. The fraction of sp³-hybridized carbons (Fsp3) is 0.833. The van der Waals surface area contributed by atoms with Crippen LogP contribution in [0.2, 0.25) is 0 Å². The minimum Gasteiger partial charge on any atom is -0.480 e. The zero-order valence-corrected chi connectivity index (χ0v) is 10.7. The van der Waals surface area contributed by atoms with Gasteiger partial charge in [0.2, 0.25) is 5.91 Å². The summed E-state index contributed by atoms with van der Waals surface area (Å²) in [6, 6.07) is -0.571. The number of amides is 1. The molecule has 0 spiro atoms.